The minimum atomic E-state index is -0.117. The summed E-state index contributed by atoms with van der Waals surface area (Å²) in [5, 5.41) is 5.70. The first kappa shape index (κ1) is 18.4. The molecule has 1 aliphatic carbocycles. The van der Waals surface area contributed by atoms with Crippen molar-refractivity contribution in [1.29, 1.82) is 0 Å². The van der Waals surface area contributed by atoms with Gasteiger partial charge in [-0.1, -0.05) is 23.7 Å². The first-order valence-corrected chi connectivity index (χ1v) is 8.90. The quantitative estimate of drug-likeness (QED) is 0.733. The second kappa shape index (κ2) is 8.29. The van der Waals surface area contributed by atoms with Crippen LogP contribution >= 0.6 is 11.6 Å². The van der Waals surface area contributed by atoms with E-state index in [0.717, 1.165) is 18.4 Å². The van der Waals surface area contributed by atoms with E-state index in [1.807, 2.05) is 12.1 Å². The maximum atomic E-state index is 12.4. The van der Waals surface area contributed by atoms with Crippen molar-refractivity contribution < 1.29 is 9.59 Å². The number of carbonyl (C=O) groups excluding carboxylic acids is 2. The molecule has 3 rings (SSSR count). The van der Waals surface area contributed by atoms with Gasteiger partial charge >= 0.3 is 0 Å². The largest absolute Gasteiger partial charge is 0.355 e. The molecule has 0 spiro atoms. The summed E-state index contributed by atoms with van der Waals surface area (Å²) in [6.45, 7) is 0.944. The van der Waals surface area contributed by atoms with Crippen LogP contribution in [-0.4, -0.2) is 41.3 Å². The topological polar surface area (TPSA) is 74.3 Å². The molecule has 1 aliphatic rings. The van der Waals surface area contributed by atoms with Gasteiger partial charge in [0.1, 0.15) is 0 Å². The Morgan fingerprint density at radius 3 is 2.58 bits per heavy atom. The van der Waals surface area contributed by atoms with Gasteiger partial charge in [0, 0.05) is 31.4 Å². The van der Waals surface area contributed by atoms with Crippen LogP contribution in [-0.2, 0) is 11.3 Å². The Balaban J connectivity index is 1.62. The van der Waals surface area contributed by atoms with Gasteiger partial charge in [-0.3, -0.25) is 14.5 Å². The van der Waals surface area contributed by atoms with E-state index in [2.05, 4.69) is 20.5 Å². The zero-order valence-electron chi connectivity index (χ0n) is 14.5. The molecule has 1 fully saturated rings. The molecule has 0 aliphatic heterocycles. The summed E-state index contributed by atoms with van der Waals surface area (Å²) in [7, 11) is 1.61. The highest BCUT2D eigenvalue weighted by Gasteiger charge is 2.30. The van der Waals surface area contributed by atoms with E-state index < -0.39 is 0 Å². The van der Waals surface area contributed by atoms with Crippen LogP contribution in [0.2, 0.25) is 5.15 Å². The lowest BCUT2D eigenvalue weighted by atomic mass is 10.1. The molecular weight excluding hydrogens is 352 g/mol. The van der Waals surface area contributed by atoms with Gasteiger partial charge in [-0.2, -0.15) is 0 Å². The zero-order valence-corrected chi connectivity index (χ0v) is 15.3. The average Bonchev–Trinajstić information content (AvgIpc) is 3.48. The lowest BCUT2D eigenvalue weighted by Gasteiger charge is -2.21. The second-order valence-electron chi connectivity index (χ2n) is 6.30. The fraction of sp³-hybridized carbons (Fsp3) is 0.316. The number of pyridine rings is 1. The van der Waals surface area contributed by atoms with Gasteiger partial charge in [0.2, 0.25) is 5.91 Å². The summed E-state index contributed by atoms with van der Waals surface area (Å²) in [6.07, 6.45) is 3.77. The molecule has 0 unspecified atom stereocenters. The van der Waals surface area contributed by atoms with E-state index in [9.17, 15) is 9.59 Å². The van der Waals surface area contributed by atoms with Crippen molar-refractivity contribution in [2.24, 2.45) is 0 Å². The Labute approximate surface area is 157 Å². The van der Waals surface area contributed by atoms with Crippen LogP contribution in [0.3, 0.4) is 0 Å². The first-order chi connectivity index (χ1) is 12.6. The fourth-order valence-corrected chi connectivity index (χ4v) is 2.91. The number of rotatable bonds is 7. The molecule has 0 atom stereocenters. The lowest BCUT2D eigenvalue weighted by molar-refractivity contribution is -0.117. The normalized spacial score (nSPS) is 13.5. The molecule has 1 saturated carbocycles. The van der Waals surface area contributed by atoms with Crippen LogP contribution in [0.5, 0.6) is 0 Å². The van der Waals surface area contributed by atoms with Crippen molar-refractivity contribution in [3.8, 4) is 0 Å². The molecule has 1 aromatic carbocycles. The van der Waals surface area contributed by atoms with Gasteiger partial charge < -0.3 is 10.6 Å². The third-order valence-corrected chi connectivity index (χ3v) is 4.57. The zero-order chi connectivity index (χ0) is 18.5. The molecule has 0 bridgehead atoms. The van der Waals surface area contributed by atoms with Crippen LogP contribution in [0.25, 0.3) is 0 Å². The molecule has 2 amide bonds. The highest BCUT2D eigenvalue weighted by molar-refractivity contribution is 6.32. The first-order valence-electron chi connectivity index (χ1n) is 8.52. The number of amides is 2. The van der Waals surface area contributed by atoms with Gasteiger partial charge in [-0.05, 0) is 42.7 Å². The van der Waals surface area contributed by atoms with E-state index in [-0.39, 0.29) is 23.5 Å². The summed E-state index contributed by atoms with van der Waals surface area (Å²) in [4.78, 5) is 30.1. The summed E-state index contributed by atoms with van der Waals surface area (Å²) in [6, 6.07) is 11.3. The summed E-state index contributed by atoms with van der Waals surface area (Å²) >= 11 is 5.99. The third kappa shape index (κ3) is 4.80. The average molecular weight is 373 g/mol. The highest BCUT2D eigenvalue weighted by atomic mass is 35.5. The van der Waals surface area contributed by atoms with Crippen LogP contribution in [0.4, 0.5) is 5.69 Å². The highest BCUT2D eigenvalue weighted by Crippen LogP contribution is 2.28. The van der Waals surface area contributed by atoms with Crippen molar-refractivity contribution in [2.45, 2.75) is 25.4 Å². The molecule has 26 heavy (non-hydrogen) atoms. The Morgan fingerprint density at radius 2 is 1.96 bits per heavy atom. The third-order valence-electron chi connectivity index (χ3n) is 4.27. The van der Waals surface area contributed by atoms with E-state index in [4.69, 9.17) is 11.6 Å². The minimum Gasteiger partial charge on any atom is -0.355 e. The molecule has 1 aromatic heterocycles. The Bertz CT molecular complexity index is 790. The van der Waals surface area contributed by atoms with Crippen molar-refractivity contribution in [3.05, 3.63) is 58.9 Å². The number of hydrogen-bond acceptors (Lipinski definition) is 4. The van der Waals surface area contributed by atoms with Crippen molar-refractivity contribution in [1.82, 2.24) is 15.2 Å². The standard InChI is InChI=1S/C19H21ClN4O2/c1-21-19(26)14-6-4-13(5-7-14)11-24(15-8-9-15)12-17(25)23-16-3-2-10-22-18(16)20/h2-7,10,15H,8-9,11-12H2,1H3,(H,21,26)(H,23,25). The molecule has 0 radical (unpaired) electrons. The van der Waals surface area contributed by atoms with E-state index in [0.29, 0.717) is 23.8 Å². The SMILES string of the molecule is CNC(=O)c1ccc(CN(CC(=O)Nc2cccnc2Cl)C2CC2)cc1. The van der Waals surface area contributed by atoms with Gasteiger partial charge in [0.15, 0.2) is 5.15 Å². The second-order valence-corrected chi connectivity index (χ2v) is 6.66. The van der Waals surface area contributed by atoms with Crippen molar-refractivity contribution in [3.63, 3.8) is 0 Å². The Kier molecular flexibility index (Phi) is 5.85. The number of hydrogen-bond donors (Lipinski definition) is 2. The number of carbonyl (C=O) groups is 2. The molecule has 1 heterocycles. The smallest absolute Gasteiger partial charge is 0.251 e. The fourth-order valence-electron chi connectivity index (χ4n) is 2.75. The van der Waals surface area contributed by atoms with Crippen LogP contribution in [0, 0.1) is 0 Å². The maximum absolute atomic E-state index is 12.4. The summed E-state index contributed by atoms with van der Waals surface area (Å²) < 4.78 is 0. The van der Waals surface area contributed by atoms with Crippen molar-refractivity contribution in [2.75, 3.05) is 18.9 Å². The predicted octanol–water partition coefficient (Wildman–Crippen LogP) is 2.70. The van der Waals surface area contributed by atoms with E-state index >= 15 is 0 Å². The number of aromatic nitrogens is 1. The van der Waals surface area contributed by atoms with Crippen LogP contribution in [0.15, 0.2) is 42.6 Å². The molecule has 7 heteroatoms. The maximum Gasteiger partial charge on any atom is 0.251 e. The number of anilines is 1. The number of nitrogens with zero attached hydrogens (tertiary/aromatic N) is 2. The molecule has 136 valence electrons. The van der Waals surface area contributed by atoms with Crippen molar-refractivity contribution >= 4 is 29.1 Å². The minimum absolute atomic E-state index is 0.108. The van der Waals surface area contributed by atoms with Crippen LogP contribution in [0.1, 0.15) is 28.8 Å². The van der Waals surface area contributed by atoms with Gasteiger partial charge in [0.05, 0.1) is 12.2 Å². The Hall–Kier alpha value is -2.44. The molecule has 2 N–H and O–H groups in total. The number of nitrogens with one attached hydrogen (secondary N) is 2. The molecule has 6 nitrogen and oxygen atoms in total. The number of benzene rings is 1. The molecule has 2 aromatic rings. The molecular formula is C19H21ClN4O2. The predicted molar refractivity (Wildman–Crippen MR) is 101 cm³/mol. The van der Waals surface area contributed by atoms with Crippen LogP contribution < -0.4 is 10.6 Å². The monoisotopic (exact) mass is 372 g/mol. The van der Waals surface area contributed by atoms with Gasteiger partial charge in [0.25, 0.3) is 5.91 Å². The lowest BCUT2D eigenvalue weighted by Crippen LogP contribution is -2.34. The van der Waals surface area contributed by atoms with Gasteiger partial charge in [-0.15, -0.1) is 0 Å². The van der Waals surface area contributed by atoms with Gasteiger partial charge in [-0.25, -0.2) is 4.98 Å². The summed E-state index contributed by atoms with van der Waals surface area (Å²) in [5.41, 5.74) is 2.21. The Morgan fingerprint density at radius 1 is 1.23 bits per heavy atom. The van der Waals surface area contributed by atoms with E-state index in [1.54, 1.807) is 37.5 Å². The summed E-state index contributed by atoms with van der Waals surface area (Å²) in [5.74, 6) is -0.225. The number of halogens is 1. The molecule has 0 saturated heterocycles. The van der Waals surface area contributed by atoms with E-state index in [1.165, 1.54) is 0 Å².